The minimum Gasteiger partial charge on any atom is -0.351 e. The Kier molecular flexibility index (Phi) is 5.58. The van der Waals surface area contributed by atoms with E-state index in [0.717, 1.165) is 21.4 Å². The Labute approximate surface area is 149 Å². The van der Waals surface area contributed by atoms with Crippen molar-refractivity contribution in [2.75, 3.05) is 0 Å². The van der Waals surface area contributed by atoms with Crippen LogP contribution in [-0.4, -0.2) is 15.5 Å². The van der Waals surface area contributed by atoms with E-state index in [-0.39, 0.29) is 17.0 Å². The molecule has 124 valence electrons. The maximum Gasteiger partial charge on any atom is 0.233 e. The Bertz CT molecular complexity index is 762. The lowest BCUT2D eigenvalue weighted by atomic mass is 10.2. The first-order chi connectivity index (χ1) is 11.6. The topological polar surface area (TPSA) is 41.5 Å². The van der Waals surface area contributed by atoms with Gasteiger partial charge in [0.15, 0.2) is 0 Å². The van der Waals surface area contributed by atoms with Crippen LogP contribution in [0, 0.1) is 5.82 Å². The molecule has 1 amide bonds. The molecule has 1 heterocycles. The third-order valence-corrected chi connectivity index (χ3v) is 5.88. The number of fused-ring (bicyclic) bond motifs is 1. The molecule has 0 aromatic heterocycles. The van der Waals surface area contributed by atoms with Crippen molar-refractivity contribution in [2.45, 2.75) is 24.5 Å². The predicted octanol–water partition coefficient (Wildman–Crippen LogP) is 4.50. The number of hydrogen-bond donors (Lipinski definition) is 1. The fraction of sp³-hybridized carbons (Fsp3) is 0.222. The summed E-state index contributed by atoms with van der Waals surface area (Å²) in [5, 5.41) is 2.65. The SMILES string of the molecule is CC(SC1=Nc2ccccc2CS1)C(=O)NCc1ccc(F)cc1. The average Bonchev–Trinajstić information content (AvgIpc) is 2.61. The van der Waals surface area contributed by atoms with E-state index in [4.69, 9.17) is 0 Å². The van der Waals surface area contributed by atoms with Gasteiger partial charge in [0.25, 0.3) is 0 Å². The van der Waals surface area contributed by atoms with Crippen molar-refractivity contribution in [3.63, 3.8) is 0 Å². The van der Waals surface area contributed by atoms with Gasteiger partial charge in [0, 0.05) is 12.3 Å². The molecule has 2 aromatic rings. The molecule has 3 nitrogen and oxygen atoms in total. The molecule has 0 radical (unpaired) electrons. The van der Waals surface area contributed by atoms with Gasteiger partial charge in [0.05, 0.1) is 10.9 Å². The molecule has 0 bridgehead atoms. The number of halogens is 1. The highest BCUT2D eigenvalue weighted by molar-refractivity contribution is 8.39. The Morgan fingerprint density at radius 3 is 2.83 bits per heavy atom. The summed E-state index contributed by atoms with van der Waals surface area (Å²) in [6.07, 6.45) is 0. The number of thioether (sulfide) groups is 2. The van der Waals surface area contributed by atoms with Crippen LogP contribution in [0.4, 0.5) is 10.1 Å². The number of carbonyl (C=O) groups excluding carboxylic acids is 1. The largest absolute Gasteiger partial charge is 0.351 e. The van der Waals surface area contributed by atoms with Crippen LogP contribution in [0.3, 0.4) is 0 Å². The second-order valence-corrected chi connectivity index (χ2v) is 7.95. The van der Waals surface area contributed by atoms with E-state index in [0.29, 0.717) is 6.54 Å². The number of carbonyl (C=O) groups is 1. The summed E-state index contributed by atoms with van der Waals surface area (Å²) in [7, 11) is 0. The van der Waals surface area contributed by atoms with Crippen LogP contribution >= 0.6 is 23.5 Å². The van der Waals surface area contributed by atoms with Crippen LogP contribution in [0.1, 0.15) is 18.1 Å². The Balaban J connectivity index is 1.55. The molecule has 0 aliphatic carbocycles. The lowest BCUT2D eigenvalue weighted by molar-refractivity contribution is -0.120. The average molecular weight is 360 g/mol. The first kappa shape index (κ1) is 17.0. The number of aliphatic imine (C=N–C) groups is 1. The van der Waals surface area contributed by atoms with Crippen LogP contribution in [0.2, 0.25) is 0 Å². The van der Waals surface area contributed by atoms with Crippen molar-refractivity contribution in [3.05, 3.63) is 65.5 Å². The molecule has 6 heteroatoms. The van der Waals surface area contributed by atoms with E-state index in [9.17, 15) is 9.18 Å². The van der Waals surface area contributed by atoms with Crippen molar-refractivity contribution in [1.29, 1.82) is 0 Å². The van der Waals surface area contributed by atoms with Gasteiger partial charge in [-0.05, 0) is 36.2 Å². The van der Waals surface area contributed by atoms with Gasteiger partial charge in [-0.3, -0.25) is 4.79 Å². The smallest absolute Gasteiger partial charge is 0.233 e. The number of benzene rings is 2. The zero-order valence-corrected chi connectivity index (χ0v) is 14.8. The van der Waals surface area contributed by atoms with Gasteiger partial charge in [0.1, 0.15) is 10.2 Å². The third kappa shape index (κ3) is 4.39. The molecule has 2 aromatic carbocycles. The molecule has 0 spiro atoms. The third-order valence-electron chi connectivity index (χ3n) is 3.58. The summed E-state index contributed by atoms with van der Waals surface area (Å²) >= 11 is 3.13. The highest BCUT2D eigenvalue weighted by Crippen LogP contribution is 2.35. The van der Waals surface area contributed by atoms with Gasteiger partial charge in [0.2, 0.25) is 5.91 Å². The number of amides is 1. The molecule has 3 rings (SSSR count). The van der Waals surface area contributed by atoms with E-state index in [1.54, 1.807) is 23.9 Å². The molecular weight excluding hydrogens is 343 g/mol. The molecule has 1 aliphatic rings. The summed E-state index contributed by atoms with van der Waals surface area (Å²) in [4.78, 5) is 16.8. The number of nitrogens with one attached hydrogen (secondary N) is 1. The van der Waals surface area contributed by atoms with E-state index in [1.807, 2.05) is 25.1 Å². The molecule has 1 N–H and O–H groups in total. The summed E-state index contributed by atoms with van der Waals surface area (Å²) in [6, 6.07) is 14.2. The molecule has 1 aliphatic heterocycles. The van der Waals surface area contributed by atoms with Crippen LogP contribution < -0.4 is 5.32 Å². The molecule has 1 unspecified atom stereocenters. The lowest BCUT2D eigenvalue weighted by Crippen LogP contribution is -2.31. The highest BCUT2D eigenvalue weighted by Gasteiger charge is 2.19. The summed E-state index contributed by atoms with van der Waals surface area (Å²) in [5.74, 6) is 0.555. The first-order valence-corrected chi connectivity index (χ1v) is 9.46. The minimum atomic E-state index is -0.276. The second kappa shape index (κ2) is 7.85. The molecule has 0 saturated carbocycles. The fourth-order valence-electron chi connectivity index (χ4n) is 2.21. The van der Waals surface area contributed by atoms with E-state index < -0.39 is 0 Å². The highest BCUT2D eigenvalue weighted by atomic mass is 32.2. The second-order valence-electron chi connectivity index (χ2n) is 5.40. The Hall–Kier alpha value is -1.79. The fourth-order valence-corrected chi connectivity index (χ4v) is 4.42. The van der Waals surface area contributed by atoms with Crippen molar-refractivity contribution in [2.24, 2.45) is 4.99 Å². The van der Waals surface area contributed by atoms with Crippen LogP contribution in [-0.2, 0) is 17.1 Å². The molecule has 0 saturated heterocycles. The molecule has 24 heavy (non-hydrogen) atoms. The van der Waals surface area contributed by atoms with Gasteiger partial charge < -0.3 is 5.32 Å². The summed E-state index contributed by atoms with van der Waals surface area (Å²) in [5.41, 5.74) is 3.08. The van der Waals surface area contributed by atoms with Crippen molar-refractivity contribution < 1.29 is 9.18 Å². The first-order valence-electron chi connectivity index (χ1n) is 7.60. The van der Waals surface area contributed by atoms with Gasteiger partial charge >= 0.3 is 0 Å². The van der Waals surface area contributed by atoms with Gasteiger partial charge in [-0.15, -0.1) is 0 Å². The van der Waals surface area contributed by atoms with Crippen molar-refractivity contribution >= 4 is 39.5 Å². The van der Waals surface area contributed by atoms with Crippen LogP contribution in [0.5, 0.6) is 0 Å². The Morgan fingerprint density at radius 1 is 1.29 bits per heavy atom. The summed E-state index contributed by atoms with van der Waals surface area (Å²) in [6.45, 7) is 2.26. The number of rotatable bonds is 4. The summed E-state index contributed by atoms with van der Waals surface area (Å²) < 4.78 is 13.8. The quantitative estimate of drug-likeness (QED) is 0.873. The maximum atomic E-state index is 12.9. The monoisotopic (exact) mass is 360 g/mol. The van der Waals surface area contributed by atoms with Gasteiger partial charge in [-0.1, -0.05) is 53.9 Å². The minimum absolute atomic E-state index is 0.0496. The van der Waals surface area contributed by atoms with E-state index in [2.05, 4.69) is 16.4 Å². The predicted molar refractivity (Wildman–Crippen MR) is 100 cm³/mol. The molecule has 0 fully saturated rings. The van der Waals surface area contributed by atoms with E-state index in [1.165, 1.54) is 29.5 Å². The maximum absolute atomic E-state index is 12.9. The van der Waals surface area contributed by atoms with Gasteiger partial charge in [-0.2, -0.15) is 0 Å². The van der Waals surface area contributed by atoms with Crippen LogP contribution in [0.25, 0.3) is 0 Å². The Morgan fingerprint density at radius 2 is 2.04 bits per heavy atom. The standard InChI is InChI=1S/C18H17FN2OS2/c1-12(17(22)20-10-13-6-8-15(19)9-7-13)24-18-21-16-5-3-2-4-14(16)11-23-18/h2-9,12H,10-11H2,1H3,(H,20,22). The zero-order chi connectivity index (χ0) is 16.9. The molecular formula is C18H17FN2OS2. The number of nitrogens with zero attached hydrogens (tertiary/aromatic N) is 1. The van der Waals surface area contributed by atoms with E-state index >= 15 is 0 Å². The number of hydrogen-bond acceptors (Lipinski definition) is 4. The normalized spacial score (nSPS) is 14.5. The van der Waals surface area contributed by atoms with Crippen LogP contribution in [0.15, 0.2) is 53.5 Å². The number of para-hydroxylation sites is 1. The van der Waals surface area contributed by atoms with Crippen molar-refractivity contribution in [1.82, 2.24) is 5.32 Å². The lowest BCUT2D eigenvalue weighted by Gasteiger charge is -2.17. The molecule has 1 atom stereocenters. The van der Waals surface area contributed by atoms with Crippen molar-refractivity contribution in [3.8, 4) is 0 Å². The van der Waals surface area contributed by atoms with Gasteiger partial charge in [-0.25, -0.2) is 9.38 Å². The zero-order valence-electron chi connectivity index (χ0n) is 13.2.